The van der Waals surface area contributed by atoms with Gasteiger partial charge in [0.1, 0.15) is 10.5 Å². The zero-order valence-corrected chi connectivity index (χ0v) is 17.7. The normalized spacial score (nSPS) is 13.0. The van der Waals surface area contributed by atoms with E-state index in [1.807, 2.05) is 42.2 Å². The Bertz CT molecular complexity index is 1510. The fourth-order valence-electron chi connectivity index (χ4n) is 4.01. The average molecular weight is 433 g/mol. The molecule has 0 spiro atoms. The van der Waals surface area contributed by atoms with Crippen LogP contribution in [0.15, 0.2) is 46.4 Å². The smallest absolute Gasteiger partial charge is 0.291 e. The summed E-state index contributed by atoms with van der Waals surface area (Å²) in [7, 11) is 1.90. The van der Waals surface area contributed by atoms with E-state index in [0.717, 1.165) is 38.3 Å². The first-order valence-corrected chi connectivity index (χ1v) is 11.1. The molecule has 0 saturated carbocycles. The zero-order chi connectivity index (χ0) is 20.2. The second-order valence-corrected chi connectivity index (χ2v) is 9.31. The number of hydrogen-bond acceptors (Lipinski definition) is 7. The number of nitrogens with zero attached hydrogens (tertiary/aromatic N) is 6. The predicted molar refractivity (Wildman–Crippen MR) is 120 cm³/mol. The third kappa shape index (κ3) is 2.66. The second kappa shape index (κ2) is 6.68. The van der Waals surface area contributed by atoms with E-state index in [0.29, 0.717) is 18.6 Å². The molecule has 1 aromatic carbocycles. The van der Waals surface area contributed by atoms with Gasteiger partial charge in [-0.25, -0.2) is 14.0 Å². The fourth-order valence-corrected chi connectivity index (χ4v) is 5.81. The van der Waals surface area contributed by atoms with Crippen LogP contribution in [0.25, 0.3) is 21.3 Å². The third-order valence-electron chi connectivity index (χ3n) is 5.48. The molecule has 30 heavy (non-hydrogen) atoms. The maximum Gasteiger partial charge on any atom is 0.291 e. The molecule has 4 aromatic heterocycles. The molecule has 0 bridgehead atoms. The van der Waals surface area contributed by atoms with Gasteiger partial charge in [-0.1, -0.05) is 18.2 Å². The number of aliphatic imine (C=N–C) groups is 1. The van der Waals surface area contributed by atoms with Crippen LogP contribution in [0.2, 0.25) is 0 Å². The molecule has 148 valence electrons. The van der Waals surface area contributed by atoms with Crippen LogP contribution in [0.5, 0.6) is 0 Å². The molecule has 0 amide bonds. The van der Waals surface area contributed by atoms with Gasteiger partial charge in [0.2, 0.25) is 0 Å². The number of hydrogen-bond donors (Lipinski definition) is 0. The monoisotopic (exact) mass is 432 g/mol. The van der Waals surface area contributed by atoms with Crippen molar-refractivity contribution in [1.82, 2.24) is 23.7 Å². The summed E-state index contributed by atoms with van der Waals surface area (Å²) in [5.74, 6) is 0. The zero-order valence-electron chi connectivity index (χ0n) is 16.1. The van der Waals surface area contributed by atoms with Crippen LogP contribution in [0.3, 0.4) is 0 Å². The summed E-state index contributed by atoms with van der Waals surface area (Å²) in [4.78, 5) is 23.6. The summed E-state index contributed by atoms with van der Waals surface area (Å²) in [6.45, 7) is 1.13. The Labute approximate surface area is 179 Å². The lowest BCUT2D eigenvalue weighted by molar-refractivity contribution is 0.643. The Morgan fingerprint density at radius 3 is 3.03 bits per heavy atom. The van der Waals surface area contributed by atoms with Crippen molar-refractivity contribution in [2.75, 3.05) is 0 Å². The quantitative estimate of drug-likeness (QED) is 0.436. The van der Waals surface area contributed by atoms with Crippen LogP contribution in [-0.2, 0) is 26.6 Å². The SMILES string of the molecule is Cn1c2nc(Cc3ccns3)sc2c2cnn(Cc3cccc4c3C=NC4)c(=O)c21. The standard InChI is InChI=1S/C21H16N6OS2/c1-26-18-16(19-20(26)25-17(29-19)7-14-5-6-24-30-14)10-23-27(21(18)28)11-13-4-2-3-12-8-22-9-15(12)13/h2-6,9-10H,7-8,11H2,1H3. The van der Waals surface area contributed by atoms with Gasteiger partial charge < -0.3 is 4.57 Å². The predicted octanol–water partition coefficient (Wildman–Crippen LogP) is 3.37. The topological polar surface area (TPSA) is 78.0 Å². The van der Waals surface area contributed by atoms with Crippen molar-refractivity contribution >= 4 is 50.3 Å². The summed E-state index contributed by atoms with van der Waals surface area (Å²) in [6.07, 6.45) is 6.26. The lowest BCUT2D eigenvalue weighted by atomic mass is 10.0. The van der Waals surface area contributed by atoms with Gasteiger partial charge in [-0.3, -0.25) is 9.79 Å². The number of rotatable bonds is 4. The maximum atomic E-state index is 13.3. The minimum atomic E-state index is -0.100. The number of aromatic nitrogens is 5. The molecule has 0 aliphatic carbocycles. The van der Waals surface area contributed by atoms with E-state index in [9.17, 15) is 4.79 Å². The Morgan fingerprint density at radius 1 is 1.23 bits per heavy atom. The van der Waals surface area contributed by atoms with E-state index >= 15 is 0 Å². The van der Waals surface area contributed by atoms with E-state index < -0.39 is 0 Å². The van der Waals surface area contributed by atoms with Crippen LogP contribution in [-0.4, -0.2) is 29.9 Å². The van der Waals surface area contributed by atoms with Crippen LogP contribution in [0, 0.1) is 0 Å². The molecule has 6 rings (SSSR count). The van der Waals surface area contributed by atoms with E-state index in [1.54, 1.807) is 17.5 Å². The average Bonchev–Trinajstić information content (AvgIpc) is 3.52. The van der Waals surface area contributed by atoms with Crippen molar-refractivity contribution in [2.24, 2.45) is 12.0 Å². The first-order valence-electron chi connectivity index (χ1n) is 9.53. The molecule has 0 unspecified atom stereocenters. The number of aryl methyl sites for hydroxylation is 1. The molecular weight excluding hydrogens is 416 g/mol. The fraction of sp³-hybridized carbons (Fsp3) is 0.190. The minimum absolute atomic E-state index is 0.100. The minimum Gasteiger partial charge on any atom is -0.323 e. The summed E-state index contributed by atoms with van der Waals surface area (Å²) < 4.78 is 8.60. The Hall–Kier alpha value is -3.17. The number of benzene rings is 1. The summed E-state index contributed by atoms with van der Waals surface area (Å²) in [6, 6.07) is 8.14. The van der Waals surface area contributed by atoms with Crippen molar-refractivity contribution in [3.05, 3.63) is 73.6 Å². The number of thiazole rings is 1. The van der Waals surface area contributed by atoms with Gasteiger partial charge in [-0.2, -0.15) is 5.10 Å². The van der Waals surface area contributed by atoms with Crippen LogP contribution in [0.4, 0.5) is 0 Å². The van der Waals surface area contributed by atoms with Gasteiger partial charge >= 0.3 is 0 Å². The van der Waals surface area contributed by atoms with Crippen molar-refractivity contribution in [3.8, 4) is 0 Å². The van der Waals surface area contributed by atoms with Gasteiger partial charge in [-0.15, -0.1) is 11.3 Å². The summed E-state index contributed by atoms with van der Waals surface area (Å²) >= 11 is 3.11. The third-order valence-corrected chi connectivity index (χ3v) is 7.30. The molecule has 7 nitrogen and oxygen atoms in total. The molecule has 1 aliphatic heterocycles. The van der Waals surface area contributed by atoms with Crippen molar-refractivity contribution in [3.63, 3.8) is 0 Å². The molecule has 5 aromatic rings. The Morgan fingerprint density at radius 2 is 2.17 bits per heavy atom. The summed E-state index contributed by atoms with van der Waals surface area (Å²) in [5, 5.41) is 6.37. The van der Waals surface area contributed by atoms with Crippen molar-refractivity contribution in [1.29, 1.82) is 0 Å². The van der Waals surface area contributed by atoms with E-state index in [1.165, 1.54) is 26.7 Å². The van der Waals surface area contributed by atoms with Crippen LogP contribution in [0.1, 0.15) is 26.6 Å². The van der Waals surface area contributed by atoms with E-state index in [4.69, 9.17) is 4.98 Å². The molecule has 0 fully saturated rings. The molecule has 0 radical (unpaired) electrons. The Kier molecular flexibility index (Phi) is 3.93. The first-order chi connectivity index (χ1) is 14.7. The highest BCUT2D eigenvalue weighted by atomic mass is 32.1. The van der Waals surface area contributed by atoms with Gasteiger partial charge in [0, 0.05) is 41.7 Å². The molecular formula is C21H16N6OS2. The van der Waals surface area contributed by atoms with E-state index in [2.05, 4.69) is 20.5 Å². The largest absolute Gasteiger partial charge is 0.323 e. The summed E-state index contributed by atoms with van der Waals surface area (Å²) in [5.41, 5.74) is 4.73. The van der Waals surface area contributed by atoms with Crippen LogP contribution >= 0.6 is 22.9 Å². The first kappa shape index (κ1) is 17.7. The van der Waals surface area contributed by atoms with Crippen molar-refractivity contribution < 1.29 is 0 Å². The molecule has 0 atom stereocenters. The maximum absolute atomic E-state index is 13.3. The molecule has 0 saturated heterocycles. The Balaban J connectivity index is 1.44. The molecule has 9 heteroatoms. The molecule has 0 N–H and O–H groups in total. The van der Waals surface area contributed by atoms with Gasteiger partial charge in [-0.05, 0) is 28.7 Å². The molecule has 1 aliphatic rings. The number of fused-ring (bicyclic) bond motifs is 4. The van der Waals surface area contributed by atoms with Crippen molar-refractivity contribution in [2.45, 2.75) is 19.5 Å². The highest BCUT2D eigenvalue weighted by Gasteiger charge is 2.19. The highest BCUT2D eigenvalue weighted by molar-refractivity contribution is 7.19. The van der Waals surface area contributed by atoms with Crippen LogP contribution < -0.4 is 5.56 Å². The molecule has 5 heterocycles. The van der Waals surface area contributed by atoms with Gasteiger partial charge in [0.05, 0.1) is 24.0 Å². The van der Waals surface area contributed by atoms with E-state index in [-0.39, 0.29) is 5.56 Å². The highest BCUT2D eigenvalue weighted by Crippen LogP contribution is 2.32. The lowest BCUT2D eigenvalue weighted by Gasteiger charge is -2.09. The van der Waals surface area contributed by atoms with Gasteiger partial charge in [0.15, 0.2) is 5.65 Å². The lowest BCUT2D eigenvalue weighted by Crippen LogP contribution is -2.25. The van der Waals surface area contributed by atoms with Gasteiger partial charge in [0.25, 0.3) is 5.56 Å². The second-order valence-electron chi connectivity index (χ2n) is 7.30.